The maximum absolute atomic E-state index is 11.6. The van der Waals surface area contributed by atoms with Crippen LogP contribution >= 0.6 is 0 Å². The molecule has 0 unspecified atom stereocenters. The van der Waals surface area contributed by atoms with Gasteiger partial charge in [-0.3, -0.25) is 4.98 Å². The third-order valence-corrected chi connectivity index (χ3v) is 6.34. The Morgan fingerprint density at radius 2 is 1.96 bits per heavy atom. The van der Waals surface area contributed by atoms with Crippen molar-refractivity contribution in [2.24, 2.45) is 0 Å². The predicted molar refractivity (Wildman–Crippen MR) is 113 cm³/mol. The molecule has 0 saturated carbocycles. The zero-order valence-electron chi connectivity index (χ0n) is 17.2. The van der Waals surface area contributed by atoms with E-state index in [1.54, 1.807) is 18.5 Å². The van der Waals surface area contributed by atoms with Gasteiger partial charge in [0.15, 0.2) is 0 Å². The van der Waals surface area contributed by atoms with Crippen LogP contribution in [0.4, 0.5) is 0 Å². The average Bonchev–Trinajstić information content (AvgIpc) is 3.00. The molecule has 3 rings (SSSR count). The molecule has 0 amide bonds. The van der Waals surface area contributed by atoms with Gasteiger partial charge in [0.25, 0.3) is 0 Å². The van der Waals surface area contributed by atoms with Crippen molar-refractivity contribution in [2.45, 2.75) is 39.3 Å². The number of ether oxygens (including phenoxy) is 2. The molecule has 3 aromatic heterocycles. The van der Waals surface area contributed by atoms with Crippen molar-refractivity contribution in [2.75, 3.05) is 13.7 Å². The van der Waals surface area contributed by atoms with Crippen molar-refractivity contribution in [3.63, 3.8) is 0 Å². The Hall–Kier alpha value is -2.51. The maximum Gasteiger partial charge on any atom is 0.339 e. The van der Waals surface area contributed by atoms with E-state index < -0.39 is 14.0 Å². The number of hydrogen-bond donors (Lipinski definition) is 0. The van der Waals surface area contributed by atoms with Gasteiger partial charge in [-0.2, -0.15) is 0 Å². The quantitative estimate of drug-likeness (QED) is 0.333. The van der Waals surface area contributed by atoms with Gasteiger partial charge in [0, 0.05) is 44.2 Å². The second-order valence-electron chi connectivity index (χ2n) is 8.11. The van der Waals surface area contributed by atoms with Crippen LogP contribution in [0.3, 0.4) is 0 Å². The molecule has 0 spiro atoms. The van der Waals surface area contributed by atoms with E-state index >= 15 is 0 Å². The first-order valence-corrected chi connectivity index (χ1v) is 13.1. The molecule has 7 heteroatoms. The molecule has 0 aliphatic heterocycles. The summed E-state index contributed by atoms with van der Waals surface area (Å²) in [5, 5.41) is 1.05. The Labute approximate surface area is 166 Å². The van der Waals surface area contributed by atoms with Gasteiger partial charge >= 0.3 is 5.97 Å². The first kappa shape index (κ1) is 20.2. The predicted octanol–water partition coefficient (Wildman–Crippen LogP) is 4.51. The number of hydrogen-bond acceptors (Lipinski definition) is 5. The number of fused-ring (bicyclic) bond motifs is 1. The summed E-state index contributed by atoms with van der Waals surface area (Å²) in [4.78, 5) is 20.7. The fourth-order valence-corrected chi connectivity index (χ4v) is 3.82. The maximum atomic E-state index is 11.6. The lowest BCUT2D eigenvalue weighted by molar-refractivity contribution is 0.0600. The summed E-state index contributed by atoms with van der Waals surface area (Å²) in [5.41, 5.74) is 4.20. The summed E-state index contributed by atoms with van der Waals surface area (Å²) in [6.07, 6.45) is 5.39. The van der Waals surface area contributed by atoms with Crippen molar-refractivity contribution < 1.29 is 14.3 Å². The van der Waals surface area contributed by atoms with E-state index in [2.05, 4.69) is 42.7 Å². The lowest BCUT2D eigenvalue weighted by Crippen LogP contribution is -2.22. The van der Waals surface area contributed by atoms with Gasteiger partial charge in [-0.05, 0) is 36.7 Å². The highest BCUT2D eigenvalue weighted by Crippen LogP contribution is 2.30. The highest BCUT2D eigenvalue weighted by molar-refractivity contribution is 6.76. The summed E-state index contributed by atoms with van der Waals surface area (Å²) in [6, 6.07) is 6.65. The fourth-order valence-electron chi connectivity index (χ4n) is 3.06. The van der Waals surface area contributed by atoms with Crippen LogP contribution in [0.1, 0.15) is 15.9 Å². The fraction of sp³-hybridized carbons (Fsp3) is 0.381. The summed E-state index contributed by atoms with van der Waals surface area (Å²) >= 11 is 0. The van der Waals surface area contributed by atoms with Gasteiger partial charge < -0.3 is 14.0 Å². The molecule has 0 radical (unpaired) electrons. The van der Waals surface area contributed by atoms with E-state index in [0.717, 1.165) is 40.5 Å². The molecule has 0 fully saturated rings. The summed E-state index contributed by atoms with van der Waals surface area (Å²) in [7, 11) is 0.258. The Kier molecular flexibility index (Phi) is 5.95. The summed E-state index contributed by atoms with van der Waals surface area (Å²) in [5.74, 6) is -0.392. The largest absolute Gasteiger partial charge is 0.465 e. The molecule has 0 bridgehead atoms. The lowest BCUT2D eigenvalue weighted by Gasteiger charge is -2.15. The van der Waals surface area contributed by atoms with Gasteiger partial charge in [0.1, 0.15) is 12.4 Å². The SMILES string of the molecule is COC(=O)c1ccc(-c2ccnc3c2c(C)cn3COCC[Si](C)(C)C)nc1. The average molecular weight is 398 g/mol. The molecule has 0 atom stereocenters. The minimum absolute atomic E-state index is 0.392. The van der Waals surface area contributed by atoms with Crippen molar-refractivity contribution >= 4 is 25.1 Å². The molecule has 3 heterocycles. The van der Waals surface area contributed by atoms with E-state index in [1.165, 1.54) is 7.11 Å². The minimum Gasteiger partial charge on any atom is -0.465 e. The molecular formula is C21H27N3O3Si. The third kappa shape index (κ3) is 4.48. The Morgan fingerprint density at radius 3 is 2.61 bits per heavy atom. The van der Waals surface area contributed by atoms with Crippen LogP contribution in [-0.4, -0.2) is 42.3 Å². The van der Waals surface area contributed by atoms with E-state index in [4.69, 9.17) is 9.47 Å². The van der Waals surface area contributed by atoms with E-state index in [0.29, 0.717) is 12.3 Å². The van der Waals surface area contributed by atoms with Crippen LogP contribution in [0.2, 0.25) is 25.7 Å². The number of rotatable bonds is 7. The van der Waals surface area contributed by atoms with Crippen LogP contribution in [-0.2, 0) is 16.2 Å². The number of nitrogens with zero attached hydrogens (tertiary/aromatic N) is 3. The Balaban J connectivity index is 1.87. The first-order valence-electron chi connectivity index (χ1n) is 9.37. The number of methoxy groups -OCH3 is 1. The van der Waals surface area contributed by atoms with Gasteiger partial charge in [0.05, 0.1) is 18.4 Å². The third-order valence-electron chi connectivity index (χ3n) is 4.63. The smallest absolute Gasteiger partial charge is 0.339 e. The molecule has 3 aromatic rings. The molecule has 0 aliphatic carbocycles. The molecule has 28 heavy (non-hydrogen) atoms. The van der Waals surface area contributed by atoms with Crippen LogP contribution in [0.5, 0.6) is 0 Å². The highest BCUT2D eigenvalue weighted by Gasteiger charge is 2.15. The zero-order chi connectivity index (χ0) is 20.3. The number of esters is 1. The van der Waals surface area contributed by atoms with Crippen molar-refractivity contribution in [1.29, 1.82) is 0 Å². The van der Waals surface area contributed by atoms with Gasteiger partial charge in [-0.1, -0.05) is 19.6 Å². The monoisotopic (exact) mass is 397 g/mol. The molecule has 6 nitrogen and oxygen atoms in total. The standard InChI is InChI=1S/C21H27N3O3Si/c1-15-13-24(14-27-10-11-28(3,4)5)20-19(15)17(8-9-22-20)18-7-6-16(12-23-18)21(25)26-2/h6-9,12-13H,10-11,14H2,1-5H3. The number of aromatic nitrogens is 3. The topological polar surface area (TPSA) is 66.2 Å². The van der Waals surface area contributed by atoms with Crippen molar-refractivity contribution in [3.05, 3.63) is 47.9 Å². The number of pyridine rings is 2. The molecule has 148 valence electrons. The van der Waals surface area contributed by atoms with Gasteiger partial charge in [0.2, 0.25) is 0 Å². The lowest BCUT2D eigenvalue weighted by atomic mass is 10.1. The second-order valence-corrected chi connectivity index (χ2v) is 13.7. The van der Waals surface area contributed by atoms with Crippen LogP contribution in [0, 0.1) is 6.92 Å². The number of aryl methyl sites for hydroxylation is 1. The van der Waals surface area contributed by atoms with E-state index in [1.807, 2.05) is 16.7 Å². The molecule has 0 N–H and O–H groups in total. The van der Waals surface area contributed by atoms with Gasteiger partial charge in [-0.15, -0.1) is 0 Å². The Bertz CT molecular complexity index is 975. The number of carbonyl (C=O) groups excluding carboxylic acids is 1. The van der Waals surface area contributed by atoms with Crippen molar-refractivity contribution in [1.82, 2.24) is 14.5 Å². The first-order chi connectivity index (χ1) is 13.3. The van der Waals surface area contributed by atoms with Crippen LogP contribution in [0.25, 0.3) is 22.3 Å². The van der Waals surface area contributed by atoms with Crippen LogP contribution in [0.15, 0.2) is 36.8 Å². The van der Waals surface area contributed by atoms with E-state index in [9.17, 15) is 4.79 Å². The number of carbonyl (C=O) groups is 1. The van der Waals surface area contributed by atoms with Gasteiger partial charge in [-0.25, -0.2) is 9.78 Å². The molecular weight excluding hydrogens is 370 g/mol. The molecule has 0 aromatic carbocycles. The molecule has 0 aliphatic rings. The molecule has 0 saturated heterocycles. The zero-order valence-corrected chi connectivity index (χ0v) is 18.2. The summed E-state index contributed by atoms with van der Waals surface area (Å²) in [6.45, 7) is 10.4. The normalized spacial score (nSPS) is 11.8. The summed E-state index contributed by atoms with van der Waals surface area (Å²) < 4.78 is 12.7. The minimum atomic E-state index is -1.10. The van der Waals surface area contributed by atoms with Crippen LogP contribution < -0.4 is 0 Å². The Morgan fingerprint density at radius 1 is 1.18 bits per heavy atom. The highest BCUT2D eigenvalue weighted by atomic mass is 28.3. The second kappa shape index (κ2) is 8.24. The van der Waals surface area contributed by atoms with E-state index in [-0.39, 0.29) is 0 Å². The van der Waals surface area contributed by atoms with Crippen molar-refractivity contribution in [3.8, 4) is 11.3 Å².